The highest BCUT2D eigenvalue weighted by atomic mass is 35.5. The highest BCUT2D eigenvalue weighted by molar-refractivity contribution is 6.32. The molecule has 24 heavy (non-hydrogen) atoms. The van der Waals surface area contributed by atoms with Crippen LogP contribution < -0.4 is 15.0 Å². The number of quaternary nitrogens is 1. The minimum Gasteiger partial charge on any atom is -0.495 e. The van der Waals surface area contributed by atoms with Crippen molar-refractivity contribution in [3.8, 4) is 5.75 Å². The SMILES string of the molecule is COc1ccc(NC(=O)C[NH+](C)Cc2ccc(C)cc2C)cc1Cl. The normalized spacial score (nSPS) is 11.9. The maximum atomic E-state index is 12.2. The molecule has 0 bridgehead atoms. The zero-order chi connectivity index (χ0) is 17.7. The van der Waals surface area contributed by atoms with Crippen LogP contribution in [0.4, 0.5) is 5.69 Å². The molecule has 4 nitrogen and oxygen atoms in total. The molecule has 0 aliphatic heterocycles. The first-order chi connectivity index (χ1) is 11.4. The number of carbonyl (C=O) groups excluding carboxylic acids is 1. The van der Waals surface area contributed by atoms with Crippen LogP contribution >= 0.6 is 11.6 Å². The first-order valence-electron chi connectivity index (χ1n) is 7.90. The Kier molecular flexibility index (Phi) is 6.23. The van der Waals surface area contributed by atoms with Gasteiger partial charge in [0, 0.05) is 11.3 Å². The van der Waals surface area contributed by atoms with Crippen molar-refractivity contribution in [2.45, 2.75) is 20.4 Å². The average Bonchev–Trinajstić information content (AvgIpc) is 2.50. The van der Waals surface area contributed by atoms with Gasteiger partial charge in [-0.15, -0.1) is 0 Å². The molecular weight excluding hydrogens is 324 g/mol. The molecule has 0 saturated carbocycles. The van der Waals surface area contributed by atoms with Crippen molar-refractivity contribution in [3.63, 3.8) is 0 Å². The predicted molar refractivity (Wildman–Crippen MR) is 98.0 cm³/mol. The molecule has 0 aliphatic carbocycles. The standard InChI is InChI=1S/C19H23ClN2O2/c1-13-5-6-15(14(2)9-13)11-22(3)12-19(23)21-16-7-8-18(24-4)17(20)10-16/h5-10H,11-12H2,1-4H3,(H,21,23)/p+1. The smallest absolute Gasteiger partial charge is 0.279 e. The van der Waals surface area contributed by atoms with Gasteiger partial charge >= 0.3 is 0 Å². The molecule has 0 heterocycles. The molecule has 0 radical (unpaired) electrons. The van der Waals surface area contributed by atoms with Crippen molar-refractivity contribution in [3.05, 3.63) is 58.1 Å². The van der Waals surface area contributed by atoms with Crippen LogP contribution in [0, 0.1) is 13.8 Å². The molecule has 0 aromatic heterocycles. The summed E-state index contributed by atoms with van der Waals surface area (Å²) in [6, 6.07) is 11.6. The quantitative estimate of drug-likeness (QED) is 0.843. The summed E-state index contributed by atoms with van der Waals surface area (Å²) in [5, 5.41) is 3.35. The zero-order valence-electron chi connectivity index (χ0n) is 14.6. The molecule has 0 aliphatic rings. The van der Waals surface area contributed by atoms with E-state index < -0.39 is 0 Å². The lowest BCUT2D eigenvalue weighted by Crippen LogP contribution is -3.08. The number of aryl methyl sites for hydroxylation is 2. The third-order valence-corrected chi connectivity index (χ3v) is 4.18. The van der Waals surface area contributed by atoms with Crippen molar-refractivity contribution in [2.24, 2.45) is 0 Å². The molecule has 2 aromatic rings. The van der Waals surface area contributed by atoms with Crippen molar-refractivity contribution < 1.29 is 14.4 Å². The van der Waals surface area contributed by atoms with E-state index in [1.54, 1.807) is 25.3 Å². The van der Waals surface area contributed by atoms with Crippen LogP contribution in [0.15, 0.2) is 36.4 Å². The van der Waals surface area contributed by atoms with Crippen molar-refractivity contribution >= 4 is 23.2 Å². The maximum absolute atomic E-state index is 12.2. The van der Waals surface area contributed by atoms with Crippen LogP contribution in [0.25, 0.3) is 0 Å². The number of hydrogen-bond acceptors (Lipinski definition) is 2. The Morgan fingerprint density at radius 2 is 1.96 bits per heavy atom. The van der Waals surface area contributed by atoms with E-state index >= 15 is 0 Å². The highest BCUT2D eigenvalue weighted by Gasteiger charge is 2.13. The molecule has 2 aromatic carbocycles. The number of carbonyl (C=O) groups is 1. The van der Waals surface area contributed by atoms with Gasteiger partial charge in [-0.25, -0.2) is 0 Å². The van der Waals surface area contributed by atoms with Crippen LogP contribution in [0.3, 0.4) is 0 Å². The summed E-state index contributed by atoms with van der Waals surface area (Å²) in [4.78, 5) is 13.3. The lowest BCUT2D eigenvalue weighted by Gasteiger charge is -2.16. The zero-order valence-corrected chi connectivity index (χ0v) is 15.3. The van der Waals surface area contributed by atoms with Crippen molar-refractivity contribution in [1.29, 1.82) is 0 Å². The van der Waals surface area contributed by atoms with Gasteiger partial charge in [0.15, 0.2) is 6.54 Å². The Labute approximate surface area is 148 Å². The van der Waals surface area contributed by atoms with Gasteiger partial charge in [-0.05, 0) is 37.6 Å². The van der Waals surface area contributed by atoms with Crippen LogP contribution in [-0.2, 0) is 11.3 Å². The summed E-state index contributed by atoms with van der Waals surface area (Å²) in [7, 11) is 3.57. The fourth-order valence-electron chi connectivity index (χ4n) is 2.66. The highest BCUT2D eigenvalue weighted by Crippen LogP contribution is 2.27. The third kappa shape index (κ3) is 4.98. The van der Waals surface area contributed by atoms with E-state index in [2.05, 4.69) is 37.4 Å². The van der Waals surface area contributed by atoms with Crippen molar-refractivity contribution in [2.75, 3.05) is 26.0 Å². The van der Waals surface area contributed by atoms with E-state index in [9.17, 15) is 4.79 Å². The largest absolute Gasteiger partial charge is 0.495 e. The van der Waals surface area contributed by atoms with Gasteiger partial charge in [0.1, 0.15) is 12.3 Å². The fraction of sp³-hybridized carbons (Fsp3) is 0.316. The molecule has 0 fully saturated rings. The van der Waals surface area contributed by atoms with Gasteiger partial charge in [0.05, 0.1) is 19.2 Å². The number of ether oxygens (including phenoxy) is 1. The van der Waals surface area contributed by atoms with E-state index in [1.165, 1.54) is 16.7 Å². The van der Waals surface area contributed by atoms with Gasteiger partial charge in [-0.1, -0.05) is 35.4 Å². The van der Waals surface area contributed by atoms with E-state index in [-0.39, 0.29) is 5.91 Å². The van der Waals surface area contributed by atoms with Gasteiger partial charge < -0.3 is 15.0 Å². The molecule has 2 N–H and O–H groups in total. The number of rotatable bonds is 6. The van der Waals surface area contributed by atoms with Gasteiger partial charge in [-0.2, -0.15) is 0 Å². The first kappa shape index (κ1) is 18.3. The number of halogens is 1. The van der Waals surface area contributed by atoms with Gasteiger partial charge in [0.25, 0.3) is 5.91 Å². The van der Waals surface area contributed by atoms with Crippen LogP contribution in [0.1, 0.15) is 16.7 Å². The molecule has 1 unspecified atom stereocenters. The minimum absolute atomic E-state index is 0.0431. The molecule has 1 atom stereocenters. The topological polar surface area (TPSA) is 42.8 Å². The molecule has 0 saturated heterocycles. The molecule has 5 heteroatoms. The summed E-state index contributed by atoms with van der Waals surface area (Å²) < 4.78 is 5.11. The van der Waals surface area contributed by atoms with E-state index in [0.717, 1.165) is 11.4 Å². The Hall–Kier alpha value is -2.04. The van der Waals surface area contributed by atoms with Crippen LogP contribution in [-0.4, -0.2) is 26.6 Å². The van der Waals surface area contributed by atoms with Crippen molar-refractivity contribution in [1.82, 2.24) is 0 Å². The summed E-state index contributed by atoms with van der Waals surface area (Å²) >= 11 is 6.07. The van der Waals surface area contributed by atoms with E-state index in [4.69, 9.17) is 16.3 Å². The van der Waals surface area contributed by atoms with E-state index in [0.29, 0.717) is 23.0 Å². The number of amides is 1. The van der Waals surface area contributed by atoms with E-state index in [1.807, 2.05) is 7.05 Å². The minimum atomic E-state index is -0.0431. The Morgan fingerprint density at radius 1 is 1.21 bits per heavy atom. The van der Waals surface area contributed by atoms with Crippen LogP contribution in [0.2, 0.25) is 5.02 Å². The summed E-state index contributed by atoms with van der Waals surface area (Å²) in [6.07, 6.45) is 0. The average molecular weight is 348 g/mol. The number of methoxy groups -OCH3 is 1. The number of likely N-dealkylation sites (N-methyl/N-ethyl adjacent to an activating group) is 1. The Balaban J connectivity index is 1.92. The second-order valence-electron chi connectivity index (χ2n) is 6.14. The van der Waals surface area contributed by atoms with Gasteiger partial charge in [0.2, 0.25) is 0 Å². The lowest BCUT2D eigenvalue weighted by atomic mass is 10.1. The summed E-state index contributed by atoms with van der Waals surface area (Å²) in [5.74, 6) is 0.547. The third-order valence-electron chi connectivity index (χ3n) is 3.89. The maximum Gasteiger partial charge on any atom is 0.279 e. The number of hydrogen-bond donors (Lipinski definition) is 2. The molecule has 2 rings (SSSR count). The van der Waals surface area contributed by atoms with Crippen LogP contribution in [0.5, 0.6) is 5.75 Å². The molecule has 1 amide bonds. The second kappa shape index (κ2) is 8.18. The van der Waals surface area contributed by atoms with Gasteiger partial charge in [-0.3, -0.25) is 4.79 Å². The fourth-order valence-corrected chi connectivity index (χ4v) is 2.91. The number of nitrogens with one attached hydrogen (secondary N) is 2. The molecule has 0 spiro atoms. The second-order valence-corrected chi connectivity index (χ2v) is 6.55. The Morgan fingerprint density at radius 3 is 2.58 bits per heavy atom. The molecular formula is C19H24ClN2O2+. The summed E-state index contributed by atoms with van der Waals surface area (Å²) in [6.45, 7) is 5.38. The monoisotopic (exact) mass is 347 g/mol. The number of anilines is 1. The Bertz CT molecular complexity index is 731. The molecule has 128 valence electrons. The lowest BCUT2D eigenvalue weighted by molar-refractivity contribution is -0.885. The predicted octanol–water partition coefficient (Wildman–Crippen LogP) is 2.62. The first-order valence-corrected chi connectivity index (χ1v) is 8.27. The number of benzene rings is 2. The summed E-state index contributed by atoms with van der Waals surface area (Å²) in [5.41, 5.74) is 4.45.